The number of carboxylic acids is 1. The molecule has 0 aromatic heterocycles. The first-order valence-corrected chi connectivity index (χ1v) is 7.38. The third-order valence-corrected chi connectivity index (χ3v) is 5.38. The molecule has 106 valence electrons. The molecule has 5 nitrogen and oxygen atoms in total. The third kappa shape index (κ3) is 2.30. The molecule has 0 heterocycles. The van der Waals surface area contributed by atoms with Crippen LogP contribution in [0.2, 0.25) is 0 Å². The highest BCUT2D eigenvalue weighted by Gasteiger charge is 2.46. The second kappa shape index (κ2) is 4.69. The number of fused-ring (bicyclic) bond motifs is 2. The van der Waals surface area contributed by atoms with Gasteiger partial charge in [0, 0.05) is 6.54 Å². The normalized spacial score (nSPS) is 34.6. The standard InChI is InChI=1S/C14H22N2O3/c17-12(18)14(4-1-5-14)16-13(19)15-8-11-7-9-2-3-10(11)6-9/h9-11H,1-8H2,(H,17,18)(H2,15,16,19). The first-order valence-electron chi connectivity index (χ1n) is 7.38. The molecule has 2 amide bonds. The lowest BCUT2D eigenvalue weighted by atomic mass is 9.77. The van der Waals surface area contributed by atoms with Crippen LogP contribution in [0.15, 0.2) is 0 Å². The summed E-state index contributed by atoms with van der Waals surface area (Å²) in [5, 5.41) is 14.7. The Hall–Kier alpha value is -1.26. The molecule has 3 aliphatic rings. The topological polar surface area (TPSA) is 78.4 Å². The lowest BCUT2D eigenvalue weighted by Gasteiger charge is -2.38. The van der Waals surface area contributed by atoms with Gasteiger partial charge in [-0.2, -0.15) is 0 Å². The predicted molar refractivity (Wildman–Crippen MR) is 69.7 cm³/mol. The van der Waals surface area contributed by atoms with E-state index in [1.54, 1.807) is 0 Å². The van der Waals surface area contributed by atoms with Crippen LogP contribution < -0.4 is 10.6 Å². The van der Waals surface area contributed by atoms with E-state index in [2.05, 4.69) is 10.6 Å². The molecule has 5 heteroatoms. The number of aliphatic carboxylic acids is 1. The fourth-order valence-electron chi connectivity index (χ4n) is 4.03. The van der Waals surface area contributed by atoms with E-state index in [9.17, 15) is 9.59 Å². The van der Waals surface area contributed by atoms with Crippen LogP contribution in [0.5, 0.6) is 0 Å². The fraction of sp³-hybridized carbons (Fsp3) is 0.857. The minimum Gasteiger partial charge on any atom is -0.480 e. The van der Waals surface area contributed by atoms with Crippen LogP contribution in [0.1, 0.15) is 44.9 Å². The maximum absolute atomic E-state index is 11.8. The van der Waals surface area contributed by atoms with Crippen LogP contribution in [0.3, 0.4) is 0 Å². The first kappa shape index (κ1) is 12.8. The highest BCUT2D eigenvalue weighted by atomic mass is 16.4. The molecular formula is C14H22N2O3. The summed E-state index contributed by atoms with van der Waals surface area (Å²) in [6, 6.07) is -0.315. The van der Waals surface area contributed by atoms with Gasteiger partial charge >= 0.3 is 12.0 Å². The highest BCUT2D eigenvalue weighted by Crippen LogP contribution is 2.47. The smallest absolute Gasteiger partial charge is 0.329 e. The summed E-state index contributed by atoms with van der Waals surface area (Å²) >= 11 is 0. The van der Waals surface area contributed by atoms with Gasteiger partial charge in [-0.05, 0) is 56.3 Å². The number of rotatable bonds is 4. The van der Waals surface area contributed by atoms with Gasteiger partial charge in [0.2, 0.25) is 0 Å². The van der Waals surface area contributed by atoms with Crippen LogP contribution >= 0.6 is 0 Å². The third-order valence-electron chi connectivity index (χ3n) is 5.38. The van der Waals surface area contributed by atoms with Gasteiger partial charge in [-0.3, -0.25) is 0 Å². The van der Waals surface area contributed by atoms with Crippen LogP contribution in [-0.4, -0.2) is 29.2 Å². The van der Waals surface area contributed by atoms with Crippen LogP contribution in [0.25, 0.3) is 0 Å². The van der Waals surface area contributed by atoms with Crippen LogP contribution in [-0.2, 0) is 4.79 Å². The molecule has 2 bridgehead atoms. The summed E-state index contributed by atoms with van der Waals surface area (Å²) < 4.78 is 0. The lowest BCUT2D eigenvalue weighted by molar-refractivity contribution is -0.148. The van der Waals surface area contributed by atoms with E-state index in [-0.39, 0.29) is 6.03 Å². The van der Waals surface area contributed by atoms with Crippen molar-refractivity contribution >= 4 is 12.0 Å². The van der Waals surface area contributed by atoms with Crippen molar-refractivity contribution in [3.63, 3.8) is 0 Å². The van der Waals surface area contributed by atoms with E-state index in [1.165, 1.54) is 25.7 Å². The molecule has 3 unspecified atom stereocenters. The minimum atomic E-state index is -1.00. The molecule has 3 fully saturated rings. The number of carboxylic acid groups (broad SMARTS) is 1. The Bertz CT molecular complexity index is 392. The van der Waals surface area contributed by atoms with Gasteiger partial charge in [-0.1, -0.05) is 6.42 Å². The van der Waals surface area contributed by atoms with Crippen molar-refractivity contribution in [2.24, 2.45) is 17.8 Å². The molecule has 0 radical (unpaired) electrons. The second-order valence-corrected chi connectivity index (χ2v) is 6.51. The van der Waals surface area contributed by atoms with E-state index in [4.69, 9.17) is 5.11 Å². The number of nitrogens with one attached hydrogen (secondary N) is 2. The first-order chi connectivity index (χ1) is 9.09. The summed E-state index contributed by atoms with van der Waals surface area (Å²) in [6.07, 6.45) is 7.18. The second-order valence-electron chi connectivity index (χ2n) is 6.51. The van der Waals surface area contributed by atoms with E-state index >= 15 is 0 Å². The molecule has 0 aliphatic heterocycles. The van der Waals surface area contributed by atoms with Crippen molar-refractivity contribution in [2.45, 2.75) is 50.5 Å². The summed E-state index contributed by atoms with van der Waals surface area (Å²) in [4.78, 5) is 23.0. The number of hydrogen-bond donors (Lipinski definition) is 3. The maximum atomic E-state index is 11.8. The number of hydrogen-bond acceptors (Lipinski definition) is 2. The number of carbonyl (C=O) groups excluding carboxylic acids is 1. The predicted octanol–water partition coefficient (Wildman–Crippen LogP) is 1.73. The molecule has 3 N–H and O–H groups in total. The molecule has 3 saturated carbocycles. The van der Waals surface area contributed by atoms with E-state index in [0.717, 1.165) is 18.3 Å². The summed E-state index contributed by atoms with van der Waals surface area (Å²) in [5.74, 6) is 1.35. The Morgan fingerprint density at radius 1 is 1.21 bits per heavy atom. The molecule has 0 saturated heterocycles. The fourth-order valence-corrected chi connectivity index (χ4v) is 4.03. The zero-order valence-corrected chi connectivity index (χ0v) is 11.2. The Morgan fingerprint density at radius 3 is 2.47 bits per heavy atom. The molecule has 19 heavy (non-hydrogen) atoms. The SMILES string of the molecule is O=C(NCC1CC2CCC1C2)NC1(C(=O)O)CCC1. The van der Waals surface area contributed by atoms with E-state index in [1.807, 2.05) is 0 Å². The molecule has 3 aliphatic carbocycles. The molecule has 3 atom stereocenters. The number of urea groups is 1. The maximum Gasteiger partial charge on any atom is 0.329 e. The van der Waals surface area contributed by atoms with Crippen molar-refractivity contribution in [3.8, 4) is 0 Å². The summed E-state index contributed by atoms with van der Waals surface area (Å²) in [6.45, 7) is 0.697. The molecule has 0 aromatic rings. The van der Waals surface area contributed by atoms with Crippen molar-refractivity contribution in [3.05, 3.63) is 0 Å². The Morgan fingerprint density at radius 2 is 2.00 bits per heavy atom. The highest BCUT2D eigenvalue weighted by molar-refractivity contribution is 5.87. The van der Waals surface area contributed by atoms with Gasteiger partial charge in [0.15, 0.2) is 0 Å². The Balaban J connectivity index is 1.45. The Kier molecular flexibility index (Phi) is 3.15. The lowest BCUT2D eigenvalue weighted by Crippen LogP contribution is -2.61. The summed E-state index contributed by atoms with van der Waals surface area (Å²) in [5.41, 5.74) is -1.00. The van der Waals surface area contributed by atoms with Gasteiger partial charge < -0.3 is 15.7 Å². The number of carbonyl (C=O) groups is 2. The summed E-state index contributed by atoms with van der Waals surface area (Å²) in [7, 11) is 0. The average molecular weight is 266 g/mol. The van der Waals surface area contributed by atoms with Gasteiger partial charge in [0.05, 0.1) is 0 Å². The van der Waals surface area contributed by atoms with Crippen molar-refractivity contribution in [1.82, 2.24) is 10.6 Å². The van der Waals surface area contributed by atoms with Gasteiger partial charge in [0.1, 0.15) is 5.54 Å². The molecule has 3 rings (SSSR count). The zero-order chi connectivity index (χ0) is 13.5. The van der Waals surface area contributed by atoms with E-state index in [0.29, 0.717) is 25.3 Å². The quantitative estimate of drug-likeness (QED) is 0.725. The zero-order valence-electron chi connectivity index (χ0n) is 11.2. The molecule has 0 spiro atoms. The van der Waals surface area contributed by atoms with Gasteiger partial charge in [-0.25, -0.2) is 9.59 Å². The average Bonchev–Trinajstić information content (AvgIpc) is 2.92. The van der Waals surface area contributed by atoms with Crippen molar-refractivity contribution < 1.29 is 14.7 Å². The molecular weight excluding hydrogens is 244 g/mol. The minimum absolute atomic E-state index is 0.315. The van der Waals surface area contributed by atoms with Crippen molar-refractivity contribution in [2.75, 3.05) is 6.54 Å². The number of amides is 2. The van der Waals surface area contributed by atoms with Gasteiger partial charge in [0.25, 0.3) is 0 Å². The van der Waals surface area contributed by atoms with Crippen molar-refractivity contribution in [1.29, 1.82) is 0 Å². The van der Waals surface area contributed by atoms with Crippen LogP contribution in [0.4, 0.5) is 4.79 Å². The Labute approximate surface area is 113 Å². The van der Waals surface area contributed by atoms with E-state index < -0.39 is 11.5 Å². The monoisotopic (exact) mass is 266 g/mol. The molecule has 0 aromatic carbocycles. The largest absolute Gasteiger partial charge is 0.480 e. The van der Waals surface area contributed by atoms with Crippen LogP contribution in [0, 0.1) is 17.8 Å². The van der Waals surface area contributed by atoms with Gasteiger partial charge in [-0.15, -0.1) is 0 Å².